The van der Waals surface area contributed by atoms with Crippen LogP contribution < -0.4 is 9.47 Å². The predicted molar refractivity (Wildman–Crippen MR) is 168 cm³/mol. The zero-order valence-electron chi connectivity index (χ0n) is 25.1. The van der Waals surface area contributed by atoms with Crippen molar-refractivity contribution in [3.8, 4) is 28.4 Å². The van der Waals surface area contributed by atoms with Crippen LogP contribution in [0.2, 0.25) is 0 Å². The number of ketones is 1. The molecule has 0 fully saturated rings. The lowest BCUT2D eigenvalue weighted by molar-refractivity contribution is -0.137. The first-order valence-electron chi connectivity index (χ1n) is 15.2. The van der Waals surface area contributed by atoms with Gasteiger partial charge in [-0.1, -0.05) is 69.2 Å². The molecule has 0 spiro atoms. The Morgan fingerprint density at radius 2 is 1.49 bits per heavy atom. The minimum Gasteiger partial charge on any atom is -0.505 e. The van der Waals surface area contributed by atoms with E-state index in [9.17, 15) is 14.7 Å². The summed E-state index contributed by atoms with van der Waals surface area (Å²) < 4.78 is 13.3. The lowest BCUT2D eigenvalue weighted by Crippen LogP contribution is -2.28. The third kappa shape index (κ3) is 8.38. The summed E-state index contributed by atoms with van der Waals surface area (Å²) in [5, 5.41) is 20.3. The molecule has 0 radical (unpaired) electrons. The van der Waals surface area contributed by atoms with Gasteiger partial charge in [-0.25, -0.2) is 0 Å². The van der Waals surface area contributed by atoms with E-state index in [1.807, 2.05) is 42.5 Å². The summed E-state index contributed by atoms with van der Waals surface area (Å²) in [6.45, 7) is 8.18. The smallest absolute Gasteiger partial charge is 0.306 e. The number of pyridine rings is 1. The van der Waals surface area contributed by atoms with Crippen molar-refractivity contribution in [3.63, 3.8) is 0 Å². The number of aromatic nitrogens is 1. The van der Waals surface area contributed by atoms with Crippen molar-refractivity contribution in [2.45, 2.75) is 52.4 Å². The lowest BCUT2D eigenvalue weighted by Gasteiger charge is -2.21. The number of rotatable bonds is 18. The van der Waals surface area contributed by atoms with Crippen molar-refractivity contribution in [2.75, 3.05) is 32.8 Å². The monoisotopic (exact) mass is 586 g/mol. The van der Waals surface area contributed by atoms with E-state index in [-0.39, 0.29) is 24.6 Å². The summed E-state index contributed by atoms with van der Waals surface area (Å²) in [4.78, 5) is 27.5. The van der Waals surface area contributed by atoms with E-state index in [1.165, 1.54) is 25.7 Å². The first kappa shape index (κ1) is 31.6. The van der Waals surface area contributed by atoms with Gasteiger partial charge < -0.3 is 29.0 Å². The number of hydrogen-bond acceptors (Lipinski definition) is 6. The first-order valence-corrected chi connectivity index (χ1v) is 15.2. The van der Waals surface area contributed by atoms with Crippen molar-refractivity contribution in [1.29, 1.82) is 0 Å². The summed E-state index contributed by atoms with van der Waals surface area (Å²) in [7, 11) is 0. The van der Waals surface area contributed by atoms with Gasteiger partial charge in [0.15, 0.2) is 0 Å². The molecule has 0 aliphatic carbocycles. The molecule has 0 bridgehead atoms. The molecule has 0 saturated carbocycles. The fourth-order valence-corrected chi connectivity index (χ4v) is 5.11. The van der Waals surface area contributed by atoms with Crippen LogP contribution in [0.1, 0.15) is 68.4 Å². The molecule has 0 saturated heterocycles. The third-order valence-corrected chi connectivity index (χ3v) is 7.39. The molecule has 2 aromatic carbocycles. The zero-order chi connectivity index (χ0) is 30.6. The van der Waals surface area contributed by atoms with Gasteiger partial charge in [-0.05, 0) is 56.1 Å². The van der Waals surface area contributed by atoms with Gasteiger partial charge in [0.05, 0.1) is 30.7 Å². The van der Waals surface area contributed by atoms with Gasteiger partial charge in [0, 0.05) is 24.4 Å². The molecular formula is C35H42N2O6. The summed E-state index contributed by atoms with van der Waals surface area (Å²) in [5.41, 5.74) is 2.26. The Morgan fingerprint density at radius 1 is 0.814 bits per heavy atom. The van der Waals surface area contributed by atoms with Gasteiger partial charge in [-0.3, -0.25) is 9.59 Å². The fourth-order valence-electron chi connectivity index (χ4n) is 5.11. The maximum Gasteiger partial charge on any atom is 0.306 e. The molecule has 8 heteroatoms. The van der Waals surface area contributed by atoms with Crippen LogP contribution in [0.4, 0.5) is 0 Å². The van der Waals surface area contributed by atoms with E-state index in [0.717, 1.165) is 26.1 Å². The molecule has 43 heavy (non-hydrogen) atoms. The van der Waals surface area contributed by atoms with E-state index < -0.39 is 5.97 Å². The Kier molecular flexibility index (Phi) is 11.6. The van der Waals surface area contributed by atoms with Crippen molar-refractivity contribution in [1.82, 2.24) is 9.30 Å². The Bertz CT molecular complexity index is 1490. The van der Waals surface area contributed by atoms with Crippen LogP contribution in [0.25, 0.3) is 16.6 Å². The van der Waals surface area contributed by atoms with Gasteiger partial charge in [0.2, 0.25) is 5.78 Å². The number of aromatic hydroxyl groups is 1. The number of aliphatic carboxylic acids is 1. The van der Waals surface area contributed by atoms with Gasteiger partial charge in [-0.15, -0.1) is 0 Å². The average Bonchev–Trinajstić information content (AvgIpc) is 3.31. The number of hydrogen-bond donors (Lipinski definition) is 2. The quantitative estimate of drug-likeness (QED) is 0.0950. The highest BCUT2D eigenvalue weighted by molar-refractivity contribution is 6.14. The van der Waals surface area contributed by atoms with Gasteiger partial charge in [-0.2, -0.15) is 0 Å². The summed E-state index contributed by atoms with van der Waals surface area (Å²) >= 11 is 0. The van der Waals surface area contributed by atoms with Crippen molar-refractivity contribution >= 4 is 17.3 Å². The molecule has 8 nitrogen and oxygen atoms in total. The Labute approximate surface area is 253 Å². The molecular weight excluding hydrogens is 544 g/mol. The van der Waals surface area contributed by atoms with E-state index in [4.69, 9.17) is 14.6 Å². The molecule has 2 aromatic heterocycles. The normalized spacial score (nSPS) is 11.2. The average molecular weight is 587 g/mol. The van der Waals surface area contributed by atoms with Crippen LogP contribution in [0.5, 0.6) is 17.2 Å². The molecule has 2 N–H and O–H groups in total. The highest BCUT2D eigenvalue weighted by atomic mass is 16.5. The molecule has 0 amide bonds. The Hall–Kier alpha value is -4.30. The number of fused-ring (bicyclic) bond motifs is 1. The number of carbonyl (C=O) groups excluding carboxylic acids is 1. The van der Waals surface area contributed by atoms with E-state index in [1.54, 1.807) is 34.9 Å². The van der Waals surface area contributed by atoms with Crippen molar-refractivity contribution in [3.05, 3.63) is 84.2 Å². The maximum atomic E-state index is 14.1. The standard InChI is InChI=1S/C35H42N2O6/c1-3-5-18-36(19-6-4-2)20-11-22-42-28-15-10-14-27(24-28)34(40)33-32(26-12-8-7-9-13-26)35(41)30-25-29(16-21-37(30)33)43-23-17-31(38)39/h7-10,12-16,21,24-25,41H,3-6,11,17-20,22-23H2,1-2H3,(H,38,39). The third-order valence-electron chi connectivity index (χ3n) is 7.39. The highest BCUT2D eigenvalue weighted by Gasteiger charge is 2.26. The van der Waals surface area contributed by atoms with Crippen LogP contribution in [0, 0.1) is 0 Å². The van der Waals surface area contributed by atoms with Crippen LogP contribution in [0.3, 0.4) is 0 Å². The van der Waals surface area contributed by atoms with E-state index in [2.05, 4.69) is 18.7 Å². The fraction of sp³-hybridized carbons (Fsp3) is 0.371. The summed E-state index contributed by atoms with van der Waals surface area (Å²) in [5.74, 6) is -0.248. The number of unbranched alkanes of at least 4 members (excludes halogenated alkanes) is 2. The molecule has 228 valence electrons. The number of carbonyl (C=O) groups is 2. The maximum absolute atomic E-state index is 14.1. The second-order valence-corrected chi connectivity index (χ2v) is 10.7. The SMILES string of the molecule is CCCCN(CCCC)CCCOc1cccc(C(=O)c2c(-c3ccccc3)c(O)c3cc(OCCC(=O)O)ccn23)c1. The number of nitrogens with zero attached hydrogens (tertiary/aromatic N) is 2. The number of carboxylic acid groups (broad SMARTS) is 1. The minimum absolute atomic E-state index is 0.00733. The largest absolute Gasteiger partial charge is 0.505 e. The van der Waals surface area contributed by atoms with Crippen LogP contribution in [0.15, 0.2) is 72.9 Å². The number of benzene rings is 2. The van der Waals surface area contributed by atoms with Crippen LogP contribution in [-0.2, 0) is 4.79 Å². The van der Waals surface area contributed by atoms with Crippen molar-refractivity contribution in [2.24, 2.45) is 0 Å². The van der Waals surface area contributed by atoms with Crippen molar-refractivity contribution < 1.29 is 29.3 Å². The first-order chi connectivity index (χ1) is 20.9. The molecule has 0 unspecified atom stereocenters. The second-order valence-electron chi connectivity index (χ2n) is 10.7. The molecule has 0 atom stereocenters. The highest BCUT2D eigenvalue weighted by Crippen LogP contribution is 2.40. The summed E-state index contributed by atoms with van der Waals surface area (Å²) in [6.07, 6.45) is 7.17. The van der Waals surface area contributed by atoms with E-state index in [0.29, 0.717) is 46.0 Å². The van der Waals surface area contributed by atoms with Gasteiger partial charge in [0.1, 0.15) is 22.9 Å². The van der Waals surface area contributed by atoms with Gasteiger partial charge in [0.25, 0.3) is 0 Å². The van der Waals surface area contributed by atoms with Crippen LogP contribution in [-0.4, -0.2) is 64.1 Å². The number of carboxylic acids is 1. The Balaban J connectivity index is 1.56. The molecule has 0 aliphatic heterocycles. The summed E-state index contributed by atoms with van der Waals surface area (Å²) in [6, 6.07) is 19.7. The van der Waals surface area contributed by atoms with E-state index >= 15 is 0 Å². The molecule has 4 aromatic rings. The van der Waals surface area contributed by atoms with Crippen LogP contribution >= 0.6 is 0 Å². The zero-order valence-corrected chi connectivity index (χ0v) is 25.1. The lowest BCUT2D eigenvalue weighted by atomic mass is 9.99. The molecule has 4 rings (SSSR count). The second kappa shape index (κ2) is 15.8. The predicted octanol–water partition coefficient (Wildman–Crippen LogP) is 7.07. The van der Waals surface area contributed by atoms with Gasteiger partial charge >= 0.3 is 5.97 Å². The molecule has 2 heterocycles. The topological polar surface area (TPSA) is 101 Å². The molecule has 0 aliphatic rings. The number of ether oxygens (including phenoxy) is 2. The minimum atomic E-state index is -0.960. The Morgan fingerprint density at radius 3 is 2.19 bits per heavy atom.